The standard InChI is InChI=1S/C18H18O6S.C11H12O7.C11H10O6/c1-20-10-22-14-8-15-17(24-11-23-15)13(16(14)18(19)21-2)9-25-12-6-4-3-5-7-12;1-15-4-16-7-2-8-10(18-5-17-8)6(3-12)9(7)11(13)14;1-13-4-15-7-2-8-10(17-5-16-8)6-3-14-11(12)9(6)7/h3-8H,9-11H2,1-2H3;2,12H,3-5H2,1H3,(H,13,14);2H,3-5H2,1H3. The molecular formula is C40H40O19S. The molecule has 0 unspecified atom stereocenters. The average molecular weight is 857 g/mol. The number of aliphatic hydroxyl groups excluding tert-OH is 1. The maximum Gasteiger partial charge on any atom is 0.342 e. The third-order valence-corrected chi connectivity index (χ3v) is 9.65. The zero-order chi connectivity index (χ0) is 42.6. The molecule has 60 heavy (non-hydrogen) atoms. The zero-order valence-corrected chi connectivity index (χ0v) is 33.5. The number of hydrogen-bond acceptors (Lipinski definition) is 19. The molecule has 0 fully saturated rings. The van der Waals surface area contributed by atoms with Crippen LogP contribution in [0.15, 0.2) is 53.4 Å². The van der Waals surface area contributed by atoms with Gasteiger partial charge in [-0.15, -0.1) is 11.8 Å². The van der Waals surface area contributed by atoms with Crippen molar-refractivity contribution >= 4 is 29.7 Å². The van der Waals surface area contributed by atoms with Gasteiger partial charge in [0, 0.05) is 61.3 Å². The number of cyclic esters (lactones) is 1. The second-order valence-corrected chi connectivity index (χ2v) is 13.2. The van der Waals surface area contributed by atoms with Crippen molar-refractivity contribution in [1.82, 2.24) is 0 Å². The predicted octanol–water partition coefficient (Wildman–Crippen LogP) is 5.13. The van der Waals surface area contributed by atoms with E-state index in [9.17, 15) is 24.6 Å². The molecule has 0 atom stereocenters. The predicted molar refractivity (Wildman–Crippen MR) is 205 cm³/mol. The molecule has 320 valence electrons. The van der Waals surface area contributed by atoms with Gasteiger partial charge in [0.2, 0.25) is 20.4 Å². The highest BCUT2D eigenvalue weighted by Crippen LogP contribution is 2.47. The lowest BCUT2D eigenvalue weighted by Crippen LogP contribution is -2.11. The van der Waals surface area contributed by atoms with Crippen LogP contribution in [0.1, 0.15) is 47.8 Å². The number of aliphatic hydroxyl groups is 1. The smallest absolute Gasteiger partial charge is 0.342 e. The molecule has 0 aliphatic carbocycles. The van der Waals surface area contributed by atoms with E-state index in [0.29, 0.717) is 68.3 Å². The number of hydrogen-bond donors (Lipinski definition) is 2. The van der Waals surface area contributed by atoms with Crippen LogP contribution in [-0.2, 0) is 42.7 Å². The number of rotatable bonds is 15. The fourth-order valence-corrected chi connectivity index (χ4v) is 6.99. The van der Waals surface area contributed by atoms with E-state index in [1.807, 2.05) is 30.3 Å². The highest BCUT2D eigenvalue weighted by molar-refractivity contribution is 7.98. The number of benzene rings is 4. The van der Waals surface area contributed by atoms with Crippen LogP contribution >= 0.6 is 11.8 Å². The fourth-order valence-electron chi connectivity index (χ4n) is 6.06. The summed E-state index contributed by atoms with van der Waals surface area (Å²) in [6.07, 6.45) is 0. The van der Waals surface area contributed by atoms with Crippen molar-refractivity contribution in [3.63, 3.8) is 0 Å². The SMILES string of the molecule is COCOc1cc2c(c(CO)c1C(=O)O)OCO2.COCOc1cc2c(c(CSc3ccccc3)c1C(=O)OC)OCO2.COCOc1cc2c(c3c1C(=O)OC3)OCO2. The number of methoxy groups -OCH3 is 4. The molecule has 0 bridgehead atoms. The molecular weight excluding hydrogens is 816 g/mol. The monoisotopic (exact) mass is 856 g/mol. The van der Waals surface area contributed by atoms with Gasteiger partial charge in [-0.25, -0.2) is 14.4 Å². The van der Waals surface area contributed by atoms with Crippen molar-refractivity contribution < 1.29 is 90.9 Å². The van der Waals surface area contributed by atoms with Gasteiger partial charge in [0.1, 0.15) is 40.5 Å². The lowest BCUT2D eigenvalue weighted by atomic mass is 10.0. The third kappa shape index (κ3) is 9.58. The Labute approximate surface area is 346 Å². The van der Waals surface area contributed by atoms with Crippen molar-refractivity contribution in [3.8, 4) is 51.7 Å². The Kier molecular flexibility index (Phi) is 14.8. The van der Waals surface area contributed by atoms with Crippen molar-refractivity contribution in [2.24, 2.45) is 0 Å². The van der Waals surface area contributed by atoms with Gasteiger partial charge in [-0.05, 0) is 12.1 Å². The molecule has 4 aliphatic rings. The van der Waals surface area contributed by atoms with Crippen LogP contribution < -0.4 is 42.6 Å². The van der Waals surface area contributed by atoms with E-state index in [-0.39, 0.29) is 70.0 Å². The first-order valence-corrected chi connectivity index (χ1v) is 18.7. The number of esters is 2. The van der Waals surface area contributed by atoms with Gasteiger partial charge in [0.15, 0.2) is 54.9 Å². The molecule has 4 aliphatic heterocycles. The molecule has 2 N–H and O–H groups in total. The van der Waals surface area contributed by atoms with Crippen LogP contribution in [-0.4, -0.2) is 97.3 Å². The van der Waals surface area contributed by atoms with E-state index in [1.54, 1.807) is 23.9 Å². The normalized spacial score (nSPS) is 13.2. The number of carbonyl (C=O) groups excluding carboxylic acids is 2. The van der Waals surface area contributed by atoms with Crippen LogP contribution in [0.25, 0.3) is 0 Å². The minimum atomic E-state index is -1.22. The van der Waals surface area contributed by atoms with Gasteiger partial charge in [-0.3, -0.25) is 0 Å². The summed E-state index contributed by atoms with van der Waals surface area (Å²) in [6, 6.07) is 14.5. The van der Waals surface area contributed by atoms with Gasteiger partial charge >= 0.3 is 17.9 Å². The van der Waals surface area contributed by atoms with E-state index in [1.165, 1.54) is 34.5 Å². The van der Waals surface area contributed by atoms with Gasteiger partial charge in [-0.1, -0.05) is 18.2 Å². The Bertz CT molecular complexity index is 2180. The number of carbonyl (C=O) groups is 3. The number of fused-ring (bicyclic) bond motifs is 5. The van der Waals surface area contributed by atoms with E-state index >= 15 is 0 Å². The first-order valence-electron chi connectivity index (χ1n) is 17.7. The van der Waals surface area contributed by atoms with Crippen LogP contribution in [0, 0.1) is 0 Å². The van der Waals surface area contributed by atoms with E-state index in [4.69, 9.17) is 66.3 Å². The fraction of sp³-hybridized carbons (Fsp3) is 0.325. The molecule has 0 spiro atoms. The summed E-state index contributed by atoms with van der Waals surface area (Å²) in [6.45, 7) is -0.119. The van der Waals surface area contributed by atoms with E-state index in [0.717, 1.165) is 4.90 Å². The summed E-state index contributed by atoms with van der Waals surface area (Å²) >= 11 is 1.58. The minimum Gasteiger partial charge on any atom is -0.478 e. The number of ether oxygens (including phenoxy) is 14. The summed E-state index contributed by atoms with van der Waals surface area (Å²) < 4.78 is 72.4. The highest BCUT2D eigenvalue weighted by atomic mass is 32.2. The molecule has 4 heterocycles. The van der Waals surface area contributed by atoms with Gasteiger partial charge in [0.25, 0.3) is 0 Å². The Balaban J connectivity index is 0.000000155. The maximum atomic E-state index is 12.4. The topological polar surface area (TPSA) is 221 Å². The molecule has 20 heteroatoms. The summed E-state index contributed by atoms with van der Waals surface area (Å²) in [5.41, 5.74) is 2.05. The summed E-state index contributed by atoms with van der Waals surface area (Å²) in [5, 5.41) is 18.5. The summed E-state index contributed by atoms with van der Waals surface area (Å²) in [4.78, 5) is 36.3. The first-order chi connectivity index (χ1) is 29.2. The third-order valence-electron chi connectivity index (χ3n) is 8.61. The molecule has 8 rings (SSSR count). The quantitative estimate of drug-likeness (QED) is 0.0898. The first kappa shape index (κ1) is 43.3. The molecule has 0 amide bonds. The van der Waals surface area contributed by atoms with Crippen LogP contribution in [0.5, 0.6) is 51.7 Å². The van der Waals surface area contributed by atoms with Crippen molar-refractivity contribution in [3.05, 3.63) is 81.9 Å². The van der Waals surface area contributed by atoms with Crippen LogP contribution in [0.3, 0.4) is 0 Å². The molecule has 0 saturated carbocycles. The minimum absolute atomic E-state index is 0.00884. The Morgan fingerprint density at radius 3 is 1.73 bits per heavy atom. The molecule has 0 radical (unpaired) electrons. The van der Waals surface area contributed by atoms with Gasteiger partial charge in [0.05, 0.1) is 19.3 Å². The lowest BCUT2D eigenvalue weighted by molar-refractivity contribution is 0.0452. The van der Waals surface area contributed by atoms with Gasteiger partial charge in [-0.2, -0.15) is 0 Å². The van der Waals surface area contributed by atoms with Crippen LogP contribution in [0.2, 0.25) is 0 Å². The van der Waals surface area contributed by atoms with Crippen molar-refractivity contribution in [2.45, 2.75) is 23.9 Å². The molecule has 0 aromatic heterocycles. The summed E-state index contributed by atoms with van der Waals surface area (Å²) in [7, 11) is 5.77. The van der Waals surface area contributed by atoms with E-state index < -0.39 is 24.5 Å². The molecule has 4 aromatic rings. The highest BCUT2D eigenvalue weighted by Gasteiger charge is 2.35. The maximum absolute atomic E-state index is 12.4. The average Bonchev–Trinajstić information content (AvgIpc) is 4.10. The Morgan fingerprint density at radius 1 is 0.667 bits per heavy atom. The van der Waals surface area contributed by atoms with Gasteiger partial charge < -0.3 is 76.5 Å². The van der Waals surface area contributed by atoms with E-state index in [2.05, 4.69) is 0 Å². The summed E-state index contributed by atoms with van der Waals surface area (Å²) in [5.74, 6) is 1.99. The molecule has 4 aromatic carbocycles. The van der Waals surface area contributed by atoms with Crippen LogP contribution in [0.4, 0.5) is 0 Å². The van der Waals surface area contributed by atoms with Crippen molar-refractivity contribution in [2.75, 3.05) is 69.2 Å². The Hall–Kier alpha value is -6.32. The number of carboxylic acid groups (broad SMARTS) is 1. The van der Waals surface area contributed by atoms with Crippen molar-refractivity contribution in [1.29, 1.82) is 0 Å². The lowest BCUT2D eigenvalue weighted by Gasteiger charge is -2.16. The molecule has 19 nitrogen and oxygen atoms in total. The second-order valence-electron chi connectivity index (χ2n) is 12.2. The number of thioether (sulfide) groups is 1. The Morgan fingerprint density at radius 2 is 1.18 bits per heavy atom. The second kappa shape index (κ2) is 20.6. The number of carboxylic acids is 1. The largest absolute Gasteiger partial charge is 0.478 e. The molecule has 0 saturated heterocycles. The zero-order valence-electron chi connectivity index (χ0n) is 32.7. The number of aromatic carboxylic acids is 1.